The number of hydrogen-bond acceptors (Lipinski definition) is 4. The van der Waals surface area contributed by atoms with Crippen LogP contribution < -0.4 is 5.73 Å². The number of alkyl halides is 3. The molecule has 4 aromatic carbocycles. The Labute approximate surface area is 286 Å². The number of carbonyl (C=O) groups excluding carboxylic acids is 1. The van der Waals surface area contributed by atoms with E-state index in [1.807, 2.05) is 35.2 Å². The van der Waals surface area contributed by atoms with Crippen LogP contribution in [0.25, 0.3) is 33.0 Å². The van der Waals surface area contributed by atoms with E-state index in [-0.39, 0.29) is 22.3 Å². The van der Waals surface area contributed by atoms with Crippen LogP contribution in [0.3, 0.4) is 0 Å². The topological polar surface area (TPSA) is 92.9 Å². The molecule has 1 aliphatic heterocycles. The number of carboxylic acids is 1. The molecule has 0 spiro atoms. The number of hydrogen-bond donors (Lipinski definition) is 2. The summed E-state index contributed by atoms with van der Waals surface area (Å²) in [6.45, 7) is 11.2. The maximum atomic E-state index is 13.2. The Hall–Kier alpha value is -4.21. The third-order valence-electron chi connectivity index (χ3n) is 9.45. The van der Waals surface area contributed by atoms with Gasteiger partial charge in [-0.05, 0) is 99.6 Å². The lowest BCUT2D eigenvalue weighted by atomic mass is 9.86. The van der Waals surface area contributed by atoms with Crippen molar-refractivity contribution >= 4 is 22.6 Å². The van der Waals surface area contributed by atoms with Crippen LogP contribution in [0, 0.1) is 10.8 Å². The van der Waals surface area contributed by atoms with Gasteiger partial charge in [-0.3, -0.25) is 4.79 Å². The van der Waals surface area contributed by atoms with E-state index < -0.39 is 17.7 Å². The van der Waals surface area contributed by atoms with Crippen molar-refractivity contribution in [1.82, 2.24) is 4.90 Å². The minimum Gasteiger partial charge on any atom is -0.478 e. The van der Waals surface area contributed by atoms with Gasteiger partial charge in [0.25, 0.3) is 0 Å². The monoisotopic (exact) mass is 674 g/mol. The van der Waals surface area contributed by atoms with E-state index in [0.29, 0.717) is 61.7 Å². The molecule has 49 heavy (non-hydrogen) atoms. The number of ether oxygens (including phenoxy) is 1. The number of halogens is 3. The number of nitrogens with zero attached hydrogens (tertiary/aromatic N) is 1. The number of carboxylic acid groups (broad SMARTS) is 1. The summed E-state index contributed by atoms with van der Waals surface area (Å²) in [5, 5.41) is 11.4. The van der Waals surface area contributed by atoms with Crippen LogP contribution in [0.1, 0.15) is 74.4 Å². The van der Waals surface area contributed by atoms with E-state index in [2.05, 4.69) is 39.8 Å². The summed E-state index contributed by atoms with van der Waals surface area (Å²) < 4.78 is 45.1. The van der Waals surface area contributed by atoms with Crippen LogP contribution in [-0.2, 0) is 15.7 Å². The number of amides is 1. The smallest absolute Gasteiger partial charge is 0.416 e. The Balaban J connectivity index is 1.27. The van der Waals surface area contributed by atoms with Gasteiger partial charge in [-0.2, -0.15) is 13.2 Å². The Morgan fingerprint density at radius 3 is 2.00 bits per heavy atom. The second-order valence-corrected chi connectivity index (χ2v) is 14.8. The summed E-state index contributed by atoms with van der Waals surface area (Å²) in [4.78, 5) is 27.2. The van der Waals surface area contributed by atoms with Gasteiger partial charge in [0.05, 0.1) is 24.3 Å². The van der Waals surface area contributed by atoms with Crippen LogP contribution in [0.15, 0.2) is 78.9 Å². The van der Waals surface area contributed by atoms with E-state index in [1.54, 1.807) is 12.1 Å². The highest BCUT2D eigenvalue weighted by atomic mass is 19.4. The van der Waals surface area contributed by atoms with Gasteiger partial charge in [0.15, 0.2) is 0 Å². The molecule has 1 amide bonds. The lowest BCUT2D eigenvalue weighted by molar-refractivity contribution is -0.137. The Morgan fingerprint density at radius 1 is 0.816 bits per heavy atom. The fourth-order valence-corrected chi connectivity index (χ4v) is 6.40. The fourth-order valence-electron chi connectivity index (χ4n) is 6.40. The lowest BCUT2D eigenvalue weighted by Gasteiger charge is -2.35. The molecule has 0 aromatic heterocycles. The predicted molar refractivity (Wildman–Crippen MR) is 187 cm³/mol. The first-order valence-electron chi connectivity index (χ1n) is 16.7. The normalized spacial score (nSPS) is 14.7. The zero-order valence-corrected chi connectivity index (χ0v) is 28.6. The molecule has 0 unspecified atom stereocenters. The van der Waals surface area contributed by atoms with Crippen LogP contribution in [0.4, 0.5) is 13.2 Å². The first-order valence-corrected chi connectivity index (χ1v) is 16.7. The van der Waals surface area contributed by atoms with Gasteiger partial charge in [-0.1, -0.05) is 76.2 Å². The first kappa shape index (κ1) is 36.1. The number of piperidine rings is 1. The quantitative estimate of drug-likeness (QED) is 0.166. The maximum absolute atomic E-state index is 13.2. The minimum atomic E-state index is -4.42. The number of rotatable bonds is 11. The molecule has 0 bridgehead atoms. The molecule has 5 rings (SSSR count). The molecule has 0 aliphatic carbocycles. The van der Waals surface area contributed by atoms with Crippen LogP contribution in [0.5, 0.6) is 0 Å². The predicted octanol–water partition coefficient (Wildman–Crippen LogP) is 9.01. The third-order valence-corrected chi connectivity index (χ3v) is 9.45. The summed E-state index contributed by atoms with van der Waals surface area (Å²) in [5.41, 5.74) is 8.94. The van der Waals surface area contributed by atoms with Crippen molar-refractivity contribution < 1.29 is 32.6 Å². The zero-order chi connectivity index (χ0) is 35.6. The van der Waals surface area contributed by atoms with Crippen molar-refractivity contribution in [3.63, 3.8) is 0 Å². The van der Waals surface area contributed by atoms with Gasteiger partial charge in [0.1, 0.15) is 0 Å². The number of nitrogens with two attached hydrogens (primary N) is 1. The van der Waals surface area contributed by atoms with Crippen LogP contribution in [-0.4, -0.2) is 54.7 Å². The second-order valence-electron chi connectivity index (χ2n) is 14.8. The average molecular weight is 675 g/mol. The van der Waals surface area contributed by atoms with Crippen LogP contribution in [0.2, 0.25) is 0 Å². The Bertz CT molecular complexity index is 1790. The number of fused-ring (bicyclic) bond motifs is 1. The molecule has 1 fully saturated rings. The molecular formula is C40H45F3N2O4. The van der Waals surface area contributed by atoms with Crippen LogP contribution >= 0.6 is 0 Å². The number of benzene rings is 4. The van der Waals surface area contributed by atoms with E-state index in [0.717, 1.165) is 41.5 Å². The minimum absolute atomic E-state index is 0.0958. The maximum Gasteiger partial charge on any atom is 0.416 e. The molecule has 1 aliphatic rings. The van der Waals surface area contributed by atoms with E-state index in [4.69, 9.17) is 10.5 Å². The summed E-state index contributed by atoms with van der Waals surface area (Å²) in [7, 11) is 0. The molecule has 3 N–H and O–H groups in total. The molecule has 0 atom stereocenters. The first-order chi connectivity index (χ1) is 23.0. The molecule has 9 heteroatoms. The molecule has 260 valence electrons. The van der Waals surface area contributed by atoms with Crippen molar-refractivity contribution in [2.75, 3.05) is 32.8 Å². The van der Waals surface area contributed by atoms with Gasteiger partial charge in [0, 0.05) is 24.9 Å². The SMILES string of the molecule is CC(C)(CN)COCC(C)(C)CC(=O)N1CCC(c2ccc(-c3cc(C(=O)O)cc4cc(-c5ccc(C(F)(F)F)cc5)ccc34)cc2)CC1. The Kier molecular flexibility index (Phi) is 10.6. The number of carbonyl (C=O) groups is 2. The summed E-state index contributed by atoms with van der Waals surface area (Å²) in [6.07, 6.45) is -2.28. The van der Waals surface area contributed by atoms with Crippen molar-refractivity contribution in [3.8, 4) is 22.3 Å². The molecule has 1 saturated heterocycles. The molecule has 0 saturated carbocycles. The third kappa shape index (κ3) is 8.88. The zero-order valence-electron chi connectivity index (χ0n) is 28.6. The molecular weight excluding hydrogens is 629 g/mol. The molecule has 6 nitrogen and oxygen atoms in total. The van der Waals surface area contributed by atoms with Crippen molar-refractivity contribution in [1.29, 1.82) is 0 Å². The summed E-state index contributed by atoms with van der Waals surface area (Å²) >= 11 is 0. The largest absolute Gasteiger partial charge is 0.478 e. The van der Waals surface area contributed by atoms with Crippen molar-refractivity contribution in [2.24, 2.45) is 16.6 Å². The highest BCUT2D eigenvalue weighted by molar-refractivity contribution is 6.04. The lowest BCUT2D eigenvalue weighted by Crippen LogP contribution is -2.40. The summed E-state index contributed by atoms with van der Waals surface area (Å²) in [5.74, 6) is -0.610. The second kappa shape index (κ2) is 14.3. The van der Waals surface area contributed by atoms with Crippen molar-refractivity contribution in [3.05, 3.63) is 95.6 Å². The van der Waals surface area contributed by atoms with E-state index >= 15 is 0 Å². The average Bonchev–Trinajstić information content (AvgIpc) is 3.07. The molecule has 4 aromatic rings. The Morgan fingerprint density at radius 2 is 1.41 bits per heavy atom. The van der Waals surface area contributed by atoms with Crippen molar-refractivity contribution in [2.45, 2.75) is 59.1 Å². The van der Waals surface area contributed by atoms with Gasteiger partial charge in [0.2, 0.25) is 5.91 Å². The van der Waals surface area contributed by atoms with Gasteiger partial charge >= 0.3 is 12.1 Å². The highest BCUT2D eigenvalue weighted by Crippen LogP contribution is 2.37. The number of aromatic carboxylic acids is 1. The molecule has 0 radical (unpaired) electrons. The van der Waals surface area contributed by atoms with E-state index in [9.17, 15) is 27.9 Å². The van der Waals surface area contributed by atoms with Gasteiger partial charge < -0.3 is 20.5 Å². The van der Waals surface area contributed by atoms with E-state index in [1.165, 1.54) is 17.7 Å². The highest BCUT2D eigenvalue weighted by Gasteiger charge is 2.31. The summed E-state index contributed by atoms with van der Waals surface area (Å²) in [6, 6.07) is 21.9. The standard InChI is InChI=1S/C40H45F3N2O4/c1-38(2,24-49-25-39(3,4)23-44)22-36(46)45-17-15-28(16-18-45)26-5-7-29(8-6-26)35-21-32(37(47)48)20-31-19-30(11-14-34(31)35)27-9-12-33(13-10-27)40(41,42)43/h5-14,19-21,28H,15-18,22-25,44H2,1-4H3,(H,47,48). The number of likely N-dealkylation sites (tertiary alicyclic amines) is 1. The van der Waals surface area contributed by atoms with Gasteiger partial charge in [-0.25, -0.2) is 4.79 Å². The van der Waals surface area contributed by atoms with Gasteiger partial charge in [-0.15, -0.1) is 0 Å². The molecule has 1 heterocycles. The fraction of sp³-hybridized carbons (Fsp3) is 0.400.